The third-order valence-corrected chi connectivity index (χ3v) is 2.66. The smallest absolute Gasteiger partial charge is 0.258 e. The molecule has 0 saturated heterocycles. The molecule has 6 heteroatoms. The van der Waals surface area contributed by atoms with E-state index in [9.17, 15) is 4.79 Å². The van der Waals surface area contributed by atoms with Crippen molar-refractivity contribution in [1.29, 1.82) is 0 Å². The van der Waals surface area contributed by atoms with Gasteiger partial charge in [0.15, 0.2) is 0 Å². The van der Waals surface area contributed by atoms with E-state index in [0.29, 0.717) is 11.3 Å². The van der Waals surface area contributed by atoms with E-state index in [1.165, 1.54) is 6.20 Å². The lowest BCUT2D eigenvalue weighted by Crippen LogP contribution is -2.13. The molecule has 0 saturated carbocycles. The molecule has 2 heterocycles. The van der Waals surface area contributed by atoms with Crippen molar-refractivity contribution in [2.45, 2.75) is 0 Å². The van der Waals surface area contributed by atoms with E-state index >= 15 is 0 Å². The molecule has 0 unspecified atom stereocenters. The zero-order valence-electron chi connectivity index (χ0n) is 9.95. The van der Waals surface area contributed by atoms with Crippen molar-refractivity contribution in [3.63, 3.8) is 0 Å². The number of rotatable bonds is 3. The van der Waals surface area contributed by atoms with Crippen LogP contribution in [0.5, 0.6) is 0 Å². The van der Waals surface area contributed by atoms with Gasteiger partial charge in [0.05, 0.1) is 23.1 Å². The van der Waals surface area contributed by atoms with Crippen molar-refractivity contribution in [3.05, 3.63) is 60.7 Å². The minimum Gasteiger partial charge on any atom is -0.320 e. The number of anilines is 1. The topological polar surface area (TPSA) is 75.6 Å². The summed E-state index contributed by atoms with van der Waals surface area (Å²) in [6.45, 7) is 0. The van der Waals surface area contributed by atoms with Crippen molar-refractivity contribution in [3.8, 4) is 5.69 Å². The molecule has 1 amide bonds. The summed E-state index contributed by atoms with van der Waals surface area (Å²) < 4.78 is 1.70. The Morgan fingerprint density at radius 1 is 1.26 bits per heavy atom. The lowest BCUT2D eigenvalue weighted by molar-refractivity contribution is 0.102. The lowest BCUT2D eigenvalue weighted by atomic mass is 10.2. The van der Waals surface area contributed by atoms with Gasteiger partial charge < -0.3 is 5.32 Å². The Morgan fingerprint density at radius 3 is 2.89 bits per heavy atom. The first-order chi connectivity index (χ1) is 9.34. The number of nitrogens with zero attached hydrogens (tertiary/aromatic N) is 3. The molecule has 94 valence electrons. The maximum absolute atomic E-state index is 12.0. The highest BCUT2D eigenvalue weighted by Crippen LogP contribution is 2.19. The SMILES string of the molecule is O=C(Nc1ccccc1-n1cccn1)c1cn[nH]c1. The largest absolute Gasteiger partial charge is 0.320 e. The van der Waals surface area contributed by atoms with E-state index in [0.717, 1.165) is 5.69 Å². The number of benzene rings is 1. The first kappa shape index (κ1) is 11.2. The monoisotopic (exact) mass is 253 g/mol. The summed E-state index contributed by atoms with van der Waals surface area (Å²) in [5.41, 5.74) is 1.98. The average molecular weight is 253 g/mol. The number of hydrogen-bond donors (Lipinski definition) is 2. The van der Waals surface area contributed by atoms with Crippen LogP contribution in [0.25, 0.3) is 5.69 Å². The number of H-pyrrole nitrogens is 1. The van der Waals surface area contributed by atoms with Crippen LogP contribution in [0.15, 0.2) is 55.1 Å². The third kappa shape index (κ3) is 2.23. The van der Waals surface area contributed by atoms with Crippen LogP contribution >= 0.6 is 0 Å². The van der Waals surface area contributed by atoms with Crippen molar-refractivity contribution in [2.24, 2.45) is 0 Å². The molecule has 0 spiro atoms. The van der Waals surface area contributed by atoms with Crippen molar-refractivity contribution in [1.82, 2.24) is 20.0 Å². The third-order valence-electron chi connectivity index (χ3n) is 2.66. The van der Waals surface area contributed by atoms with Crippen LogP contribution in [0.4, 0.5) is 5.69 Å². The molecule has 0 aliphatic heterocycles. The van der Waals surface area contributed by atoms with Crippen molar-refractivity contribution in [2.75, 3.05) is 5.32 Å². The summed E-state index contributed by atoms with van der Waals surface area (Å²) in [7, 11) is 0. The first-order valence-corrected chi connectivity index (χ1v) is 5.74. The summed E-state index contributed by atoms with van der Waals surface area (Å²) in [5.74, 6) is -0.214. The molecule has 19 heavy (non-hydrogen) atoms. The maximum atomic E-state index is 12.0. The molecule has 3 aromatic rings. The Bertz CT molecular complexity index is 673. The predicted octanol–water partition coefficient (Wildman–Crippen LogP) is 1.85. The molecule has 0 atom stereocenters. The summed E-state index contributed by atoms with van der Waals surface area (Å²) in [5, 5.41) is 13.4. The van der Waals surface area contributed by atoms with E-state index in [2.05, 4.69) is 20.6 Å². The number of hydrogen-bond acceptors (Lipinski definition) is 3. The Balaban J connectivity index is 1.92. The zero-order valence-corrected chi connectivity index (χ0v) is 9.95. The first-order valence-electron chi connectivity index (χ1n) is 5.74. The van der Waals surface area contributed by atoms with Crippen molar-refractivity contribution < 1.29 is 4.79 Å². The molecule has 0 bridgehead atoms. The number of para-hydroxylation sites is 2. The number of carbonyl (C=O) groups excluding carboxylic acids is 1. The van der Waals surface area contributed by atoms with Gasteiger partial charge in [-0.05, 0) is 18.2 Å². The van der Waals surface area contributed by atoms with Gasteiger partial charge in [-0.25, -0.2) is 4.68 Å². The molecule has 2 aromatic heterocycles. The number of aromatic nitrogens is 4. The zero-order chi connectivity index (χ0) is 13.1. The molecule has 0 fully saturated rings. The van der Waals surface area contributed by atoms with Gasteiger partial charge in [0.25, 0.3) is 5.91 Å². The number of amides is 1. The average Bonchev–Trinajstić information content (AvgIpc) is 3.13. The van der Waals surface area contributed by atoms with E-state index < -0.39 is 0 Å². The van der Waals surface area contributed by atoms with Crippen molar-refractivity contribution >= 4 is 11.6 Å². The summed E-state index contributed by atoms with van der Waals surface area (Å²) in [4.78, 5) is 12.0. The van der Waals surface area contributed by atoms with Gasteiger partial charge in [0.2, 0.25) is 0 Å². The van der Waals surface area contributed by atoms with E-state index in [-0.39, 0.29) is 5.91 Å². The standard InChI is InChI=1S/C13H11N5O/c19-13(10-8-14-15-9-10)17-11-4-1-2-5-12(11)18-7-3-6-16-18/h1-9H,(H,14,15)(H,17,19). The second kappa shape index (κ2) is 4.77. The molecule has 0 radical (unpaired) electrons. The van der Waals surface area contributed by atoms with Crippen LogP contribution in [-0.4, -0.2) is 25.9 Å². The van der Waals surface area contributed by atoms with Crippen LogP contribution in [0.3, 0.4) is 0 Å². The summed E-state index contributed by atoms with van der Waals surface area (Å²) in [6.07, 6.45) is 6.54. The normalized spacial score (nSPS) is 10.3. The fourth-order valence-corrected chi connectivity index (χ4v) is 1.76. The Kier molecular flexibility index (Phi) is 2.82. The predicted molar refractivity (Wildman–Crippen MR) is 70.1 cm³/mol. The fourth-order valence-electron chi connectivity index (χ4n) is 1.76. The molecule has 1 aromatic carbocycles. The number of nitrogens with one attached hydrogen (secondary N) is 2. The van der Waals surface area contributed by atoms with Gasteiger partial charge in [-0.3, -0.25) is 9.89 Å². The molecule has 3 rings (SSSR count). The number of carbonyl (C=O) groups is 1. The highest BCUT2D eigenvalue weighted by molar-refractivity contribution is 6.04. The molecule has 2 N–H and O–H groups in total. The molecular formula is C13H11N5O. The Hall–Kier alpha value is -2.89. The van der Waals surface area contributed by atoms with Crippen LogP contribution in [-0.2, 0) is 0 Å². The van der Waals surface area contributed by atoms with E-state index in [4.69, 9.17) is 0 Å². The van der Waals surface area contributed by atoms with Gasteiger partial charge >= 0.3 is 0 Å². The van der Waals surface area contributed by atoms with E-state index in [1.807, 2.05) is 36.5 Å². The van der Waals surface area contributed by atoms with Gasteiger partial charge in [0, 0.05) is 18.6 Å². The molecule has 0 aliphatic rings. The molecule has 6 nitrogen and oxygen atoms in total. The summed E-state index contributed by atoms with van der Waals surface area (Å²) in [6, 6.07) is 9.30. The fraction of sp³-hybridized carbons (Fsp3) is 0. The Morgan fingerprint density at radius 2 is 2.16 bits per heavy atom. The van der Waals surface area contributed by atoms with Gasteiger partial charge in [-0.2, -0.15) is 10.2 Å². The van der Waals surface area contributed by atoms with Gasteiger partial charge in [-0.15, -0.1) is 0 Å². The maximum Gasteiger partial charge on any atom is 0.258 e. The minimum absolute atomic E-state index is 0.214. The molecule has 0 aliphatic carbocycles. The second-order valence-corrected chi connectivity index (χ2v) is 3.91. The highest BCUT2D eigenvalue weighted by atomic mass is 16.1. The second-order valence-electron chi connectivity index (χ2n) is 3.91. The Labute approximate surface area is 109 Å². The number of aromatic amines is 1. The van der Waals surface area contributed by atoms with Crippen LogP contribution in [0.1, 0.15) is 10.4 Å². The van der Waals surface area contributed by atoms with Crippen LogP contribution < -0.4 is 5.32 Å². The quantitative estimate of drug-likeness (QED) is 0.748. The van der Waals surface area contributed by atoms with Crippen LogP contribution in [0.2, 0.25) is 0 Å². The lowest BCUT2D eigenvalue weighted by Gasteiger charge is -2.10. The summed E-state index contributed by atoms with van der Waals surface area (Å²) >= 11 is 0. The highest BCUT2D eigenvalue weighted by Gasteiger charge is 2.10. The van der Waals surface area contributed by atoms with Gasteiger partial charge in [0.1, 0.15) is 0 Å². The minimum atomic E-state index is -0.214. The van der Waals surface area contributed by atoms with Gasteiger partial charge in [-0.1, -0.05) is 12.1 Å². The molecular weight excluding hydrogens is 242 g/mol. The van der Waals surface area contributed by atoms with Crippen LogP contribution in [0, 0.1) is 0 Å². The van der Waals surface area contributed by atoms with E-state index in [1.54, 1.807) is 17.1 Å².